The van der Waals surface area contributed by atoms with Crippen molar-refractivity contribution in [1.29, 1.82) is 0 Å². The second-order valence-corrected chi connectivity index (χ2v) is 5.29. The fraction of sp³-hybridized carbons (Fsp3) is 0.600. The molecule has 0 aromatic heterocycles. The van der Waals surface area contributed by atoms with Gasteiger partial charge in [0.25, 0.3) is 0 Å². The smallest absolute Gasteiger partial charge is 0.127 e. The Morgan fingerprint density at radius 2 is 2.00 bits per heavy atom. The summed E-state index contributed by atoms with van der Waals surface area (Å²) in [7, 11) is 0. The first-order chi connectivity index (χ1) is 8.51. The first-order valence-corrected chi connectivity index (χ1v) is 7.02. The number of hydrogen-bond acceptors (Lipinski definition) is 1. The third-order valence-corrected chi connectivity index (χ3v) is 3.82. The van der Waals surface area contributed by atoms with Crippen LogP contribution in [-0.2, 0) is 0 Å². The van der Waals surface area contributed by atoms with Crippen molar-refractivity contribution in [2.75, 3.05) is 0 Å². The van der Waals surface area contributed by atoms with E-state index in [-0.39, 0.29) is 11.7 Å². The van der Waals surface area contributed by atoms with Crippen LogP contribution in [0.25, 0.3) is 0 Å². The maximum atomic E-state index is 13.3. The minimum absolute atomic E-state index is 0.187. The summed E-state index contributed by atoms with van der Waals surface area (Å²) in [6, 6.07) is 2.96. The third-order valence-electron chi connectivity index (χ3n) is 3.50. The van der Waals surface area contributed by atoms with Crippen LogP contribution >= 0.6 is 11.6 Å². The topological polar surface area (TPSA) is 20.2 Å². The molecule has 0 fully saturated rings. The molecule has 1 aromatic carbocycles. The van der Waals surface area contributed by atoms with E-state index in [1.165, 1.54) is 6.07 Å². The molecule has 0 aliphatic carbocycles. The molecule has 18 heavy (non-hydrogen) atoms. The fourth-order valence-electron chi connectivity index (χ4n) is 2.21. The first kappa shape index (κ1) is 15.5. The number of aryl methyl sites for hydroxylation is 1. The van der Waals surface area contributed by atoms with Crippen LogP contribution in [0.5, 0.6) is 0 Å². The molecular formula is C15H22ClFO. The van der Waals surface area contributed by atoms with Crippen LogP contribution in [-0.4, -0.2) is 5.11 Å². The van der Waals surface area contributed by atoms with E-state index in [2.05, 4.69) is 13.8 Å². The first-order valence-electron chi connectivity index (χ1n) is 6.64. The highest BCUT2D eigenvalue weighted by Gasteiger charge is 2.22. The lowest BCUT2D eigenvalue weighted by molar-refractivity contribution is 0.0989. The molecule has 102 valence electrons. The van der Waals surface area contributed by atoms with Gasteiger partial charge in [-0.2, -0.15) is 0 Å². The van der Waals surface area contributed by atoms with E-state index >= 15 is 0 Å². The van der Waals surface area contributed by atoms with Gasteiger partial charge in [0, 0.05) is 5.02 Å². The molecule has 0 heterocycles. The monoisotopic (exact) mass is 272 g/mol. The van der Waals surface area contributed by atoms with Gasteiger partial charge in [-0.1, -0.05) is 44.7 Å². The lowest BCUT2D eigenvalue weighted by atomic mass is 9.88. The molecule has 2 unspecified atom stereocenters. The Balaban J connectivity index is 2.94. The van der Waals surface area contributed by atoms with Gasteiger partial charge in [0.05, 0.1) is 6.10 Å². The molecule has 3 heteroatoms. The van der Waals surface area contributed by atoms with Gasteiger partial charge in [0.2, 0.25) is 0 Å². The van der Waals surface area contributed by atoms with Gasteiger partial charge in [-0.25, -0.2) is 4.39 Å². The molecule has 1 N–H and O–H groups in total. The van der Waals surface area contributed by atoms with Gasteiger partial charge in [-0.3, -0.25) is 0 Å². The zero-order valence-corrected chi connectivity index (χ0v) is 12.1. The summed E-state index contributed by atoms with van der Waals surface area (Å²) in [4.78, 5) is 0. The number of benzene rings is 1. The molecule has 1 nitrogen and oxygen atoms in total. The normalized spacial score (nSPS) is 14.6. The average molecular weight is 273 g/mol. The van der Waals surface area contributed by atoms with Crippen molar-refractivity contribution >= 4 is 11.6 Å². The van der Waals surface area contributed by atoms with Crippen molar-refractivity contribution < 1.29 is 9.50 Å². The predicted molar refractivity (Wildman–Crippen MR) is 74.4 cm³/mol. The number of rotatable bonds is 6. The minimum atomic E-state index is -0.603. The van der Waals surface area contributed by atoms with Crippen LogP contribution in [0.15, 0.2) is 12.1 Å². The van der Waals surface area contributed by atoms with Gasteiger partial charge in [-0.15, -0.1) is 0 Å². The third kappa shape index (κ3) is 3.69. The Kier molecular flexibility index (Phi) is 6.10. The van der Waals surface area contributed by atoms with Gasteiger partial charge in [0.15, 0.2) is 0 Å². The van der Waals surface area contributed by atoms with Crippen LogP contribution < -0.4 is 0 Å². The molecular weight excluding hydrogens is 251 g/mol. The van der Waals surface area contributed by atoms with Gasteiger partial charge >= 0.3 is 0 Å². The van der Waals surface area contributed by atoms with Crippen LogP contribution in [0, 0.1) is 18.7 Å². The average Bonchev–Trinajstić information content (AvgIpc) is 2.34. The summed E-state index contributed by atoms with van der Waals surface area (Å²) in [6.07, 6.45) is 3.47. The summed E-state index contributed by atoms with van der Waals surface area (Å²) < 4.78 is 13.3. The molecule has 2 atom stereocenters. The second-order valence-electron chi connectivity index (χ2n) is 4.88. The van der Waals surface area contributed by atoms with Crippen molar-refractivity contribution in [3.8, 4) is 0 Å². The molecule has 0 spiro atoms. The van der Waals surface area contributed by atoms with E-state index in [1.807, 2.05) is 0 Å². The summed E-state index contributed by atoms with van der Waals surface area (Å²) in [6.45, 7) is 5.89. The van der Waals surface area contributed by atoms with E-state index in [0.717, 1.165) is 25.7 Å². The Hall–Kier alpha value is -0.600. The molecule has 1 rings (SSSR count). The summed E-state index contributed by atoms with van der Waals surface area (Å²) in [5, 5.41) is 10.7. The van der Waals surface area contributed by atoms with E-state index in [1.54, 1.807) is 13.0 Å². The fourth-order valence-corrected chi connectivity index (χ4v) is 2.47. The highest BCUT2D eigenvalue weighted by atomic mass is 35.5. The van der Waals surface area contributed by atoms with Crippen LogP contribution in [0.2, 0.25) is 5.02 Å². The Labute approximate surface area is 114 Å². The molecule has 0 amide bonds. The number of aliphatic hydroxyl groups is 1. The van der Waals surface area contributed by atoms with Gasteiger partial charge in [-0.05, 0) is 42.5 Å². The summed E-state index contributed by atoms with van der Waals surface area (Å²) in [5.74, 6) is -0.134. The lowest BCUT2D eigenvalue weighted by Gasteiger charge is -2.23. The Morgan fingerprint density at radius 1 is 1.33 bits per heavy atom. The molecule has 0 aliphatic heterocycles. The minimum Gasteiger partial charge on any atom is -0.388 e. The highest BCUT2D eigenvalue weighted by Crippen LogP contribution is 2.34. The van der Waals surface area contributed by atoms with E-state index in [4.69, 9.17) is 11.6 Å². The second kappa shape index (κ2) is 7.10. The molecule has 0 bridgehead atoms. The SMILES string of the molecule is CCCCC(CC)C(O)c1cc(C)c(F)cc1Cl. The lowest BCUT2D eigenvalue weighted by Crippen LogP contribution is -2.13. The van der Waals surface area contributed by atoms with Crippen molar-refractivity contribution in [2.24, 2.45) is 5.92 Å². The summed E-state index contributed by atoms with van der Waals surface area (Å²) >= 11 is 6.03. The molecule has 0 aliphatic rings. The van der Waals surface area contributed by atoms with Gasteiger partial charge in [0.1, 0.15) is 5.82 Å². The van der Waals surface area contributed by atoms with Crippen LogP contribution in [0.1, 0.15) is 56.8 Å². The largest absolute Gasteiger partial charge is 0.388 e. The quantitative estimate of drug-likeness (QED) is 0.769. The Morgan fingerprint density at radius 3 is 2.56 bits per heavy atom. The summed E-state index contributed by atoms with van der Waals surface area (Å²) in [5.41, 5.74) is 1.18. The number of hydrogen-bond donors (Lipinski definition) is 1. The van der Waals surface area contributed by atoms with Crippen molar-refractivity contribution in [3.05, 3.63) is 34.1 Å². The van der Waals surface area contributed by atoms with Crippen molar-refractivity contribution in [2.45, 2.75) is 52.6 Å². The molecule has 0 radical (unpaired) electrons. The van der Waals surface area contributed by atoms with Crippen LogP contribution in [0.3, 0.4) is 0 Å². The van der Waals surface area contributed by atoms with Crippen molar-refractivity contribution in [3.63, 3.8) is 0 Å². The molecule has 0 saturated carbocycles. The highest BCUT2D eigenvalue weighted by molar-refractivity contribution is 6.31. The van der Waals surface area contributed by atoms with E-state index in [0.29, 0.717) is 16.1 Å². The van der Waals surface area contributed by atoms with Gasteiger partial charge < -0.3 is 5.11 Å². The molecule has 1 aromatic rings. The van der Waals surface area contributed by atoms with E-state index in [9.17, 15) is 9.50 Å². The number of aliphatic hydroxyl groups excluding tert-OH is 1. The standard InChI is InChI=1S/C15H22ClFO/c1-4-6-7-11(5-2)15(18)12-8-10(3)14(17)9-13(12)16/h8-9,11,15,18H,4-7H2,1-3H3. The number of unbranched alkanes of at least 4 members (excludes halogenated alkanes) is 1. The van der Waals surface area contributed by atoms with E-state index < -0.39 is 6.10 Å². The van der Waals surface area contributed by atoms with Crippen molar-refractivity contribution in [1.82, 2.24) is 0 Å². The maximum absolute atomic E-state index is 13.3. The predicted octanol–water partition coefficient (Wildman–Crippen LogP) is 5.04. The zero-order chi connectivity index (χ0) is 13.7. The van der Waals surface area contributed by atoms with Crippen LogP contribution in [0.4, 0.5) is 4.39 Å². The Bertz CT molecular complexity index is 392. The number of halogens is 2. The zero-order valence-electron chi connectivity index (χ0n) is 11.3. The maximum Gasteiger partial charge on any atom is 0.127 e. The molecule has 0 saturated heterocycles.